The molecule has 0 heterocycles. The number of benzene rings is 3. The number of hydrogen-bond donors (Lipinski definition) is 7. The van der Waals surface area contributed by atoms with Crippen LogP contribution in [-0.2, 0) is 20.7 Å². The van der Waals surface area contributed by atoms with Crippen molar-refractivity contribution in [3.05, 3.63) is 76.9 Å². The van der Waals surface area contributed by atoms with E-state index in [-0.39, 0.29) is 41.3 Å². The number of nitrogens with one attached hydrogen (secondary N) is 2. The normalized spacial score (nSPS) is 11.2. The Bertz CT molecular complexity index is 1460. The Morgan fingerprint density at radius 1 is 0.673 bits per heavy atom. The van der Waals surface area contributed by atoms with Crippen molar-refractivity contribution in [2.24, 2.45) is 17.8 Å². The van der Waals surface area contributed by atoms with Crippen molar-refractivity contribution in [2.75, 3.05) is 19.7 Å². The maximum absolute atomic E-state index is 11.6. The molecule has 3 aromatic carbocycles. The summed E-state index contributed by atoms with van der Waals surface area (Å²) in [6.07, 6.45) is 0.663. The molecule has 0 aliphatic heterocycles. The summed E-state index contributed by atoms with van der Waals surface area (Å²) in [4.78, 5) is 34.6. The van der Waals surface area contributed by atoms with Crippen molar-refractivity contribution >= 4 is 17.8 Å². The standard InChI is InChI=1S/C15H22O2.C12H17NO3.C11H15NO4/c1-11(2)10-17-15(16)9-13(4)14-7-5-12(3)6-8-14;1-8(2)7-13-12(16)6-9-3-4-10(14)11(15)5-9;1-6(2)5-12-11(16)7-3-8(13)10(15)9(14)4-7/h5-8,11,13H,9-10H2,1-4H3;3-5,8,14-15H,6-7H2,1-2H3,(H,13,16);3-4,6,13-15H,5H2,1-2H3,(H,12,16). The second kappa shape index (κ2) is 21.1. The summed E-state index contributed by atoms with van der Waals surface area (Å²) in [6.45, 7) is 17.8. The average Bonchev–Trinajstić information content (AvgIpc) is 3.03. The van der Waals surface area contributed by atoms with Gasteiger partial charge in [-0.15, -0.1) is 0 Å². The average molecular weight is 683 g/mol. The van der Waals surface area contributed by atoms with E-state index in [1.807, 2.05) is 41.5 Å². The van der Waals surface area contributed by atoms with Gasteiger partial charge in [0.25, 0.3) is 5.91 Å². The van der Waals surface area contributed by atoms with Gasteiger partial charge in [0.1, 0.15) is 0 Å². The number of aromatic hydroxyl groups is 5. The number of hydrogen-bond acceptors (Lipinski definition) is 9. The summed E-state index contributed by atoms with van der Waals surface area (Å²) in [5.74, 6) is -1.29. The molecule has 0 aliphatic carbocycles. The number of carbonyl (C=O) groups excluding carboxylic acids is 3. The lowest BCUT2D eigenvalue weighted by molar-refractivity contribution is -0.145. The van der Waals surface area contributed by atoms with Gasteiger partial charge in [-0.3, -0.25) is 14.4 Å². The first-order valence-corrected chi connectivity index (χ1v) is 16.4. The molecule has 0 aliphatic rings. The lowest BCUT2D eigenvalue weighted by Gasteiger charge is -2.12. The number of ether oxygens (including phenoxy) is 1. The first-order chi connectivity index (χ1) is 22.9. The van der Waals surface area contributed by atoms with Gasteiger partial charge in [-0.25, -0.2) is 0 Å². The van der Waals surface area contributed by atoms with E-state index >= 15 is 0 Å². The molecule has 0 saturated heterocycles. The fourth-order valence-electron chi connectivity index (χ4n) is 3.96. The molecule has 7 N–H and O–H groups in total. The number of carbonyl (C=O) groups is 3. The Kier molecular flexibility index (Phi) is 18.1. The van der Waals surface area contributed by atoms with Gasteiger partial charge in [0, 0.05) is 18.7 Å². The minimum absolute atomic E-state index is 0.0845. The Morgan fingerprint density at radius 2 is 1.22 bits per heavy atom. The van der Waals surface area contributed by atoms with E-state index < -0.39 is 23.2 Å². The van der Waals surface area contributed by atoms with Crippen LogP contribution in [0.1, 0.15) is 87.9 Å². The van der Waals surface area contributed by atoms with E-state index in [9.17, 15) is 29.7 Å². The molecule has 0 aromatic heterocycles. The molecule has 270 valence electrons. The van der Waals surface area contributed by atoms with Crippen LogP contribution in [0.4, 0.5) is 0 Å². The summed E-state index contributed by atoms with van der Waals surface area (Å²) < 4.78 is 5.18. The molecule has 3 aromatic rings. The summed E-state index contributed by atoms with van der Waals surface area (Å²) >= 11 is 0. The van der Waals surface area contributed by atoms with Crippen LogP contribution in [0.15, 0.2) is 54.6 Å². The van der Waals surface area contributed by atoms with Crippen molar-refractivity contribution in [1.82, 2.24) is 10.6 Å². The zero-order valence-corrected chi connectivity index (χ0v) is 29.9. The molecule has 49 heavy (non-hydrogen) atoms. The van der Waals surface area contributed by atoms with E-state index in [0.29, 0.717) is 49.4 Å². The van der Waals surface area contributed by atoms with Crippen LogP contribution < -0.4 is 10.6 Å². The Balaban J connectivity index is 0.000000368. The third-order valence-corrected chi connectivity index (χ3v) is 6.81. The highest BCUT2D eigenvalue weighted by atomic mass is 16.5. The molecule has 2 amide bonds. The van der Waals surface area contributed by atoms with Gasteiger partial charge in [-0.2, -0.15) is 0 Å². The van der Waals surface area contributed by atoms with E-state index in [1.165, 1.54) is 23.3 Å². The predicted molar refractivity (Wildman–Crippen MR) is 190 cm³/mol. The summed E-state index contributed by atoms with van der Waals surface area (Å²) in [6, 6.07) is 14.9. The molecule has 3 rings (SSSR count). The van der Waals surface area contributed by atoms with E-state index in [1.54, 1.807) is 6.07 Å². The SMILES string of the molecule is CC(C)CNC(=O)Cc1ccc(O)c(O)c1.CC(C)CNC(=O)c1cc(O)c(O)c(O)c1.Cc1ccc(C(C)CC(=O)OCC(C)C)cc1. The highest BCUT2D eigenvalue weighted by Gasteiger charge is 2.14. The highest BCUT2D eigenvalue weighted by Crippen LogP contribution is 2.35. The van der Waals surface area contributed by atoms with Crippen LogP contribution in [0.2, 0.25) is 0 Å². The zero-order chi connectivity index (χ0) is 37.3. The van der Waals surface area contributed by atoms with Crippen LogP contribution in [0.3, 0.4) is 0 Å². The number of amides is 2. The number of phenolic OH excluding ortho intramolecular Hbond substituents is 5. The van der Waals surface area contributed by atoms with Gasteiger partial charge in [0.2, 0.25) is 5.91 Å². The van der Waals surface area contributed by atoms with Gasteiger partial charge in [0.05, 0.1) is 19.4 Å². The molecule has 1 unspecified atom stereocenters. The molecular formula is C38H54N2O9. The summed E-state index contributed by atoms with van der Waals surface area (Å²) in [5.41, 5.74) is 3.21. The lowest BCUT2D eigenvalue weighted by Crippen LogP contribution is -2.28. The zero-order valence-electron chi connectivity index (χ0n) is 29.9. The van der Waals surface area contributed by atoms with Crippen molar-refractivity contribution in [1.29, 1.82) is 0 Å². The largest absolute Gasteiger partial charge is 0.504 e. The van der Waals surface area contributed by atoms with Gasteiger partial charge in [-0.05, 0) is 66.0 Å². The maximum Gasteiger partial charge on any atom is 0.306 e. The van der Waals surface area contributed by atoms with E-state index in [2.05, 4.69) is 48.7 Å². The Morgan fingerprint density at radius 3 is 1.73 bits per heavy atom. The molecule has 1 atom stereocenters. The Hall–Kier alpha value is -4.93. The monoisotopic (exact) mass is 682 g/mol. The molecule has 0 saturated carbocycles. The first-order valence-electron chi connectivity index (χ1n) is 16.4. The second-order valence-corrected chi connectivity index (χ2v) is 13.3. The Labute approximate surface area is 290 Å². The molecular weight excluding hydrogens is 628 g/mol. The summed E-state index contributed by atoms with van der Waals surface area (Å²) in [7, 11) is 0. The van der Waals surface area contributed by atoms with Crippen LogP contribution in [0, 0.1) is 24.7 Å². The maximum atomic E-state index is 11.6. The molecule has 0 fully saturated rings. The fraction of sp³-hybridized carbons (Fsp3) is 0.447. The third kappa shape index (κ3) is 17.2. The minimum atomic E-state index is -0.625. The van der Waals surface area contributed by atoms with Crippen molar-refractivity contribution < 1.29 is 44.7 Å². The molecule has 0 bridgehead atoms. The van der Waals surface area contributed by atoms with Crippen LogP contribution in [-0.4, -0.2) is 63.0 Å². The molecule has 0 spiro atoms. The minimum Gasteiger partial charge on any atom is -0.504 e. The summed E-state index contributed by atoms with van der Waals surface area (Å²) in [5, 5.41) is 51.3. The number of esters is 1. The number of aryl methyl sites for hydroxylation is 1. The molecule has 11 heteroatoms. The van der Waals surface area contributed by atoms with Crippen LogP contribution in [0.25, 0.3) is 0 Å². The number of phenols is 5. The lowest BCUT2D eigenvalue weighted by atomic mass is 9.97. The highest BCUT2D eigenvalue weighted by molar-refractivity contribution is 5.95. The predicted octanol–water partition coefficient (Wildman–Crippen LogP) is 6.29. The first kappa shape index (κ1) is 42.1. The van der Waals surface area contributed by atoms with Crippen LogP contribution >= 0.6 is 0 Å². The fourth-order valence-corrected chi connectivity index (χ4v) is 3.96. The quantitative estimate of drug-likeness (QED) is 0.0852. The molecule has 0 radical (unpaired) electrons. The van der Waals surface area contributed by atoms with E-state index in [4.69, 9.17) is 14.9 Å². The van der Waals surface area contributed by atoms with Gasteiger partial charge < -0.3 is 40.9 Å². The van der Waals surface area contributed by atoms with Gasteiger partial charge >= 0.3 is 5.97 Å². The van der Waals surface area contributed by atoms with Gasteiger partial charge in [0.15, 0.2) is 28.7 Å². The van der Waals surface area contributed by atoms with E-state index in [0.717, 1.165) is 12.1 Å². The van der Waals surface area contributed by atoms with Gasteiger partial charge in [-0.1, -0.05) is 84.4 Å². The molecule has 11 nitrogen and oxygen atoms in total. The smallest absolute Gasteiger partial charge is 0.306 e. The number of rotatable bonds is 12. The van der Waals surface area contributed by atoms with Crippen molar-refractivity contribution in [3.8, 4) is 28.7 Å². The van der Waals surface area contributed by atoms with Crippen LogP contribution in [0.5, 0.6) is 28.7 Å². The second-order valence-electron chi connectivity index (χ2n) is 13.3. The topological polar surface area (TPSA) is 186 Å². The third-order valence-electron chi connectivity index (χ3n) is 6.81. The van der Waals surface area contributed by atoms with Crippen molar-refractivity contribution in [2.45, 2.75) is 74.1 Å². The van der Waals surface area contributed by atoms with Crippen molar-refractivity contribution in [3.63, 3.8) is 0 Å².